The predicted octanol–water partition coefficient (Wildman–Crippen LogP) is 3.64. The van der Waals surface area contributed by atoms with Crippen LogP contribution in [-0.4, -0.2) is 73.8 Å². The first-order valence-electron chi connectivity index (χ1n) is 12.5. The summed E-state index contributed by atoms with van der Waals surface area (Å²) in [6, 6.07) is 4.73. The summed E-state index contributed by atoms with van der Waals surface area (Å²) in [5, 5.41) is 2.53. The maximum absolute atomic E-state index is 13.5. The van der Waals surface area contributed by atoms with Gasteiger partial charge in [-0.15, -0.1) is 0 Å². The molecule has 38 heavy (non-hydrogen) atoms. The lowest BCUT2D eigenvalue weighted by Crippen LogP contribution is -2.44. The smallest absolute Gasteiger partial charge is 0.338 e. The monoisotopic (exact) mass is 543 g/mol. The zero-order valence-corrected chi connectivity index (χ0v) is 23.1. The SMILES string of the molecule is CCOC(=O)[C@H]1CCCN(C(=O)CC2=CSC3=NC(C)=C(C(=O)OC)[C@@H](c4cc(OC)ccc4OC)N23)C1. The van der Waals surface area contributed by atoms with E-state index in [1.165, 1.54) is 18.9 Å². The molecular formula is C27H33N3O7S. The van der Waals surface area contributed by atoms with Crippen molar-refractivity contribution in [2.24, 2.45) is 10.9 Å². The van der Waals surface area contributed by atoms with Crippen molar-refractivity contribution in [1.82, 2.24) is 9.80 Å². The van der Waals surface area contributed by atoms with Crippen molar-refractivity contribution in [2.75, 3.05) is 41.0 Å². The van der Waals surface area contributed by atoms with E-state index >= 15 is 0 Å². The van der Waals surface area contributed by atoms with Crippen LogP contribution >= 0.6 is 11.8 Å². The lowest BCUT2D eigenvalue weighted by atomic mass is 9.92. The van der Waals surface area contributed by atoms with Crippen LogP contribution in [0.1, 0.15) is 44.7 Å². The third-order valence-corrected chi connectivity index (χ3v) is 7.75. The van der Waals surface area contributed by atoms with Crippen LogP contribution in [0.3, 0.4) is 0 Å². The minimum atomic E-state index is -0.650. The van der Waals surface area contributed by atoms with Crippen LogP contribution in [-0.2, 0) is 23.9 Å². The molecule has 3 heterocycles. The second kappa shape index (κ2) is 11.9. The fourth-order valence-corrected chi connectivity index (χ4v) is 5.98. The molecule has 3 aliphatic rings. The summed E-state index contributed by atoms with van der Waals surface area (Å²) in [7, 11) is 4.46. The number of nitrogens with zero attached hydrogens (tertiary/aromatic N) is 3. The topological polar surface area (TPSA) is 107 Å². The lowest BCUT2D eigenvalue weighted by molar-refractivity contribution is -0.151. The van der Waals surface area contributed by atoms with Crippen LogP contribution in [0.2, 0.25) is 0 Å². The highest BCUT2D eigenvalue weighted by molar-refractivity contribution is 8.16. The summed E-state index contributed by atoms with van der Waals surface area (Å²) in [4.78, 5) is 47.1. The molecule has 204 valence electrons. The number of allylic oxidation sites excluding steroid dienone is 1. The van der Waals surface area contributed by atoms with Crippen LogP contribution < -0.4 is 9.47 Å². The summed E-state index contributed by atoms with van der Waals surface area (Å²) in [6.07, 6.45) is 1.52. The second-order valence-corrected chi connectivity index (χ2v) is 9.94. The van der Waals surface area contributed by atoms with Gasteiger partial charge < -0.3 is 28.7 Å². The number of rotatable bonds is 8. The number of ether oxygens (including phenoxy) is 4. The van der Waals surface area contributed by atoms with Crippen molar-refractivity contribution < 1.29 is 33.3 Å². The first-order valence-corrected chi connectivity index (χ1v) is 13.4. The van der Waals surface area contributed by atoms with Gasteiger partial charge in [0.2, 0.25) is 5.91 Å². The van der Waals surface area contributed by atoms with Crippen molar-refractivity contribution in [3.8, 4) is 11.5 Å². The average Bonchev–Trinajstić information content (AvgIpc) is 3.33. The molecule has 1 fully saturated rings. The molecule has 1 aromatic rings. The minimum Gasteiger partial charge on any atom is -0.497 e. The van der Waals surface area contributed by atoms with Gasteiger partial charge in [0.1, 0.15) is 11.5 Å². The molecule has 11 heteroatoms. The Balaban J connectivity index is 1.67. The predicted molar refractivity (Wildman–Crippen MR) is 143 cm³/mol. The molecule has 1 saturated heterocycles. The van der Waals surface area contributed by atoms with Crippen molar-refractivity contribution in [3.05, 3.63) is 46.1 Å². The first kappa shape index (κ1) is 27.6. The quantitative estimate of drug-likeness (QED) is 0.454. The number of esters is 2. The summed E-state index contributed by atoms with van der Waals surface area (Å²) < 4.78 is 21.5. The first-order chi connectivity index (χ1) is 18.3. The molecular weight excluding hydrogens is 510 g/mol. The van der Waals surface area contributed by atoms with E-state index in [0.717, 1.165) is 6.42 Å². The number of amides is 1. The molecule has 0 radical (unpaired) electrons. The van der Waals surface area contributed by atoms with E-state index < -0.39 is 12.0 Å². The van der Waals surface area contributed by atoms with Gasteiger partial charge in [-0.05, 0) is 50.3 Å². The summed E-state index contributed by atoms with van der Waals surface area (Å²) in [6.45, 7) is 4.77. The Morgan fingerprint density at radius 3 is 2.63 bits per heavy atom. The number of piperidine rings is 1. The van der Waals surface area contributed by atoms with Gasteiger partial charge in [0, 0.05) is 24.4 Å². The third kappa shape index (κ3) is 5.38. The summed E-state index contributed by atoms with van der Waals surface area (Å²) >= 11 is 1.39. The highest BCUT2D eigenvalue weighted by Gasteiger charge is 2.43. The summed E-state index contributed by atoms with van der Waals surface area (Å²) in [5.41, 5.74) is 2.25. The minimum absolute atomic E-state index is 0.0812. The van der Waals surface area contributed by atoms with Crippen molar-refractivity contribution in [1.29, 1.82) is 0 Å². The molecule has 3 aliphatic heterocycles. The van der Waals surface area contributed by atoms with Gasteiger partial charge in [-0.25, -0.2) is 9.79 Å². The number of carbonyl (C=O) groups excluding carboxylic acids is 3. The largest absolute Gasteiger partial charge is 0.497 e. The zero-order chi connectivity index (χ0) is 27.4. The molecule has 0 saturated carbocycles. The third-order valence-electron chi connectivity index (χ3n) is 6.86. The van der Waals surface area contributed by atoms with E-state index in [1.54, 1.807) is 45.1 Å². The zero-order valence-electron chi connectivity index (χ0n) is 22.3. The molecule has 1 amide bonds. The van der Waals surface area contributed by atoms with Gasteiger partial charge in [0.25, 0.3) is 0 Å². The van der Waals surface area contributed by atoms with Crippen molar-refractivity contribution >= 4 is 34.8 Å². The van der Waals surface area contributed by atoms with Gasteiger partial charge in [0.05, 0.1) is 57.6 Å². The Hall–Kier alpha value is -3.47. The molecule has 0 aliphatic carbocycles. The lowest BCUT2D eigenvalue weighted by Gasteiger charge is -2.37. The molecule has 0 spiro atoms. The Labute approximate surface area is 226 Å². The summed E-state index contributed by atoms with van der Waals surface area (Å²) in [5.74, 6) is -0.0531. The molecule has 1 aromatic carbocycles. The fraction of sp³-hybridized carbons (Fsp3) is 0.481. The number of likely N-dealkylation sites (tertiary alicyclic amines) is 1. The maximum Gasteiger partial charge on any atom is 0.338 e. The highest BCUT2D eigenvalue weighted by atomic mass is 32.2. The molecule has 0 N–H and O–H groups in total. The van der Waals surface area contributed by atoms with E-state index in [4.69, 9.17) is 18.9 Å². The Morgan fingerprint density at radius 1 is 1.16 bits per heavy atom. The molecule has 4 rings (SSSR count). The van der Waals surface area contributed by atoms with E-state index in [0.29, 0.717) is 65.3 Å². The van der Waals surface area contributed by atoms with E-state index in [-0.39, 0.29) is 24.2 Å². The normalized spacial score (nSPS) is 20.9. The number of methoxy groups -OCH3 is 3. The van der Waals surface area contributed by atoms with Crippen LogP contribution in [0.4, 0.5) is 0 Å². The number of thioether (sulfide) groups is 1. The average molecular weight is 544 g/mol. The number of hydrogen-bond acceptors (Lipinski definition) is 10. The van der Waals surface area contributed by atoms with Gasteiger partial charge in [-0.1, -0.05) is 11.8 Å². The van der Waals surface area contributed by atoms with Crippen LogP contribution in [0.15, 0.2) is 45.6 Å². The Bertz CT molecular complexity index is 1210. The van der Waals surface area contributed by atoms with Crippen LogP contribution in [0, 0.1) is 5.92 Å². The number of hydrogen-bond donors (Lipinski definition) is 0. The van der Waals surface area contributed by atoms with Crippen LogP contribution in [0.5, 0.6) is 11.5 Å². The maximum atomic E-state index is 13.5. The van der Waals surface area contributed by atoms with E-state index in [1.807, 2.05) is 16.4 Å². The molecule has 2 atom stereocenters. The number of aliphatic imine (C=N–C) groups is 1. The molecule has 10 nitrogen and oxygen atoms in total. The Kier molecular flexibility index (Phi) is 8.65. The number of carbonyl (C=O) groups is 3. The Morgan fingerprint density at radius 2 is 1.95 bits per heavy atom. The van der Waals surface area contributed by atoms with Crippen molar-refractivity contribution in [3.63, 3.8) is 0 Å². The molecule has 0 aromatic heterocycles. The van der Waals surface area contributed by atoms with Gasteiger partial charge >= 0.3 is 11.9 Å². The molecule has 0 unspecified atom stereocenters. The highest BCUT2D eigenvalue weighted by Crippen LogP contribution is 2.47. The van der Waals surface area contributed by atoms with Gasteiger partial charge in [-0.3, -0.25) is 9.59 Å². The van der Waals surface area contributed by atoms with Crippen molar-refractivity contribution in [2.45, 2.75) is 39.2 Å². The number of fused-ring (bicyclic) bond motifs is 1. The number of benzene rings is 1. The second-order valence-electron chi connectivity index (χ2n) is 9.10. The molecule has 0 bridgehead atoms. The van der Waals surface area contributed by atoms with Crippen LogP contribution in [0.25, 0.3) is 0 Å². The van der Waals surface area contributed by atoms with Gasteiger partial charge in [0.15, 0.2) is 5.17 Å². The number of amidine groups is 1. The van der Waals surface area contributed by atoms with Gasteiger partial charge in [-0.2, -0.15) is 0 Å². The standard InChI is InChI=1S/C27H33N3O7S/c1-6-37-25(32)17-8-7-11-29(14-17)22(31)12-18-15-38-27-28-16(2)23(26(33)36-5)24(30(18)27)20-13-19(34-3)9-10-21(20)35-4/h9-10,13,15,17,24H,6-8,11-12,14H2,1-5H3/t17-,24+/m0/s1. The van der Waals surface area contributed by atoms with E-state index in [2.05, 4.69) is 4.99 Å². The van der Waals surface area contributed by atoms with E-state index in [9.17, 15) is 14.4 Å². The fourth-order valence-electron chi connectivity index (χ4n) is 5.01.